The van der Waals surface area contributed by atoms with E-state index in [-0.39, 0.29) is 24.7 Å². The number of nitrogens with one attached hydrogen (secondary N) is 1. The lowest BCUT2D eigenvalue weighted by Gasteiger charge is -2.28. The van der Waals surface area contributed by atoms with Gasteiger partial charge in [-0.1, -0.05) is 44.9 Å². The third-order valence-electron chi connectivity index (χ3n) is 6.43. The Balaban J connectivity index is 2.07. The van der Waals surface area contributed by atoms with Crippen molar-refractivity contribution in [1.29, 1.82) is 0 Å². The molecule has 2 amide bonds. The number of anilines is 1. The van der Waals surface area contributed by atoms with Gasteiger partial charge < -0.3 is 24.8 Å². The van der Waals surface area contributed by atoms with Crippen LogP contribution < -0.4 is 10.1 Å². The largest absolute Gasteiger partial charge is 0.492 e. The average molecular weight is 544 g/mol. The lowest BCUT2D eigenvalue weighted by atomic mass is 9.98. The van der Waals surface area contributed by atoms with Gasteiger partial charge in [0, 0.05) is 36.9 Å². The molecular formula is C29H41N3O7. The summed E-state index contributed by atoms with van der Waals surface area (Å²) >= 11 is 0. The zero-order chi connectivity index (χ0) is 28.8. The predicted molar refractivity (Wildman–Crippen MR) is 150 cm³/mol. The maximum atomic E-state index is 13.3. The number of nitro benzene ring substituents is 1. The number of hydrogen-bond acceptors (Lipinski definition) is 6. The molecule has 1 atom stereocenters. The molecule has 0 aliphatic rings. The second kappa shape index (κ2) is 16.3. The highest BCUT2D eigenvalue weighted by Crippen LogP contribution is 2.23. The Morgan fingerprint density at radius 3 is 2.31 bits per heavy atom. The van der Waals surface area contributed by atoms with Crippen LogP contribution in [0.15, 0.2) is 42.5 Å². The molecule has 2 rings (SSSR count). The number of carbonyl (C=O) groups is 2. The number of hydrogen-bond donors (Lipinski definition) is 2. The van der Waals surface area contributed by atoms with Crippen molar-refractivity contribution in [2.45, 2.75) is 65.9 Å². The van der Waals surface area contributed by atoms with Crippen molar-refractivity contribution >= 4 is 23.4 Å². The van der Waals surface area contributed by atoms with E-state index >= 15 is 0 Å². The van der Waals surface area contributed by atoms with E-state index in [2.05, 4.69) is 19.2 Å². The minimum absolute atomic E-state index is 0.0445. The van der Waals surface area contributed by atoms with E-state index in [1.54, 1.807) is 55.1 Å². The van der Waals surface area contributed by atoms with Gasteiger partial charge >= 0.3 is 12.0 Å². The third-order valence-corrected chi connectivity index (χ3v) is 6.43. The predicted octanol–water partition coefficient (Wildman–Crippen LogP) is 6.06. The number of amides is 2. The monoisotopic (exact) mass is 543 g/mol. The minimum Gasteiger partial charge on any atom is -0.492 e. The summed E-state index contributed by atoms with van der Waals surface area (Å²) in [5.74, 6) is -0.0552. The fraction of sp³-hybridized carbons (Fsp3) is 0.517. The van der Waals surface area contributed by atoms with Crippen LogP contribution in [0.4, 0.5) is 16.2 Å². The molecule has 0 spiro atoms. The van der Waals surface area contributed by atoms with Gasteiger partial charge in [-0.3, -0.25) is 10.1 Å². The van der Waals surface area contributed by atoms with E-state index in [0.717, 1.165) is 31.2 Å². The number of nitro groups is 1. The number of carbonyl (C=O) groups excluding carboxylic acids is 1. The lowest BCUT2D eigenvalue weighted by Crippen LogP contribution is -2.41. The standard InChI is InChI=1S/C29H41N3O7/c1-5-8-23(9-6-2)20-31(29(35)30-24-13-10-21(4)26(19-24)32(36)37)16-17-39-25-14-11-22(12-15-25)18-27(28(33)34)38-7-3/h10-15,19,23,27H,5-9,16-18,20H2,1-4H3,(H,30,35)(H,33,34). The highest BCUT2D eigenvalue weighted by Gasteiger charge is 2.21. The highest BCUT2D eigenvalue weighted by atomic mass is 16.6. The number of ether oxygens (including phenoxy) is 2. The second-order valence-corrected chi connectivity index (χ2v) is 9.56. The van der Waals surface area contributed by atoms with Gasteiger partial charge in [0.25, 0.3) is 5.69 Å². The zero-order valence-electron chi connectivity index (χ0n) is 23.4. The normalized spacial score (nSPS) is 11.7. The van der Waals surface area contributed by atoms with Crippen molar-refractivity contribution in [2.24, 2.45) is 5.92 Å². The van der Waals surface area contributed by atoms with Gasteiger partial charge in [-0.2, -0.15) is 0 Å². The van der Waals surface area contributed by atoms with Crippen molar-refractivity contribution in [3.63, 3.8) is 0 Å². The number of benzene rings is 2. The van der Waals surface area contributed by atoms with E-state index in [9.17, 15) is 24.8 Å². The molecule has 214 valence electrons. The maximum Gasteiger partial charge on any atom is 0.333 e. The first-order valence-electron chi connectivity index (χ1n) is 13.5. The Labute approximate surface area is 230 Å². The van der Waals surface area contributed by atoms with Crippen molar-refractivity contribution < 1.29 is 29.1 Å². The molecule has 0 saturated carbocycles. The summed E-state index contributed by atoms with van der Waals surface area (Å²) in [7, 11) is 0. The number of nitrogens with zero attached hydrogens (tertiary/aromatic N) is 2. The molecule has 0 fully saturated rings. The zero-order valence-corrected chi connectivity index (χ0v) is 23.4. The first-order valence-corrected chi connectivity index (χ1v) is 13.5. The van der Waals surface area contributed by atoms with Crippen LogP contribution in [0.2, 0.25) is 0 Å². The van der Waals surface area contributed by atoms with Crippen molar-refractivity contribution in [3.05, 3.63) is 63.7 Å². The fourth-order valence-corrected chi connectivity index (χ4v) is 4.45. The van der Waals surface area contributed by atoms with Crippen LogP contribution in [0.5, 0.6) is 5.75 Å². The SMILES string of the molecule is CCCC(CCC)CN(CCOc1ccc(CC(OCC)C(=O)O)cc1)C(=O)Nc1ccc(C)c([N+](=O)[O-])c1. The fourth-order valence-electron chi connectivity index (χ4n) is 4.45. The molecule has 0 aromatic heterocycles. The highest BCUT2D eigenvalue weighted by molar-refractivity contribution is 5.89. The number of carboxylic acid groups (broad SMARTS) is 1. The Bertz CT molecular complexity index is 1070. The van der Waals surface area contributed by atoms with Gasteiger partial charge in [0.05, 0.1) is 11.5 Å². The summed E-state index contributed by atoms with van der Waals surface area (Å²) in [5.41, 5.74) is 1.67. The van der Waals surface area contributed by atoms with E-state index in [1.807, 2.05) is 0 Å². The topological polar surface area (TPSA) is 131 Å². The van der Waals surface area contributed by atoms with Gasteiger partial charge in [0.1, 0.15) is 12.4 Å². The number of carboxylic acids is 1. The molecule has 0 saturated heterocycles. The summed E-state index contributed by atoms with van der Waals surface area (Å²) in [5, 5.41) is 23.4. The molecule has 10 heteroatoms. The molecule has 0 heterocycles. The van der Waals surface area contributed by atoms with Crippen LogP contribution >= 0.6 is 0 Å². The molecule has 1 unspecified atom stereocenters. The van der Waals surface area contributed by atoms with Crippen LogP contribution in [0.1, 0.15) is 57.6 Å². The first-order chi connectivity index (χ1) is 18.7. The Morgan fingerprint density at radius 2 is 1.74 bits per heavy atom. The van der Waals surface area contributed by atoms with E-state index in [1.165, 1.54) is 6.07 Å². The molecular weight excluding hydrogens is 502 g/mol. The van der Waals surface area contributed by atoms with Crippen molar-refractivity contribution in [3.8, 4) is 5.75 Å². The Hall–Kier alpha value is -3.66. The average Bonchev–Trinajstić information content (AvgIpc) is 2.89. The van der Waals surface area contributed by atoms with E-state index < -0.39 is 17.0 Å². The van der Waals surface area contributed by atoms with Crippen LogP contribution in [0, 0.1) is 23.0 Å². The number of aliphatic carboxylic acids is 1. The molecule has 2 aromatic rings. The first kappa shape index (κ1) is 31.6. The van der Waals surface area contributed by atoms with Crippen molar-refractivity contribution in [2.75, 3.05) is 31.6 Å². The Morgan fingerprint density at radius 1 is 1.08 bits per heavy atom. The molecule has 2 N–H and O–H groups in total. The number of rotatable bonds is 17. The van der Waals surface area contributed by atoms with Gasteiger partial charge in [0.15, 0.2) is 6.10 Å². The van der Waals surface area contributed by atoms with Crippen LogP contribution in [0.3, 0.4) is 0 Å². The summed E-state index contributed by atoms with van der Waals surface area (Å²) in [4.78, 5) is 37.2. The van der Waals surface area contributed by atoms with Crippen LogP contribution in [0.25, 0.3) is 0 Å². The summed E-state index contributed by atoms with van der Waals surface area (Å²) in [6.45, 7) is 9.12. The smallest absolute Gasteiger partial charge is 0.333 e. The molecule has 0 aliphatic carbocycles. The maximum absolute atomic E-state index is 13.3. The molecule has 2 aromatic carbocycles. The minimum atomic E-state index is -1.000. The van der Waals surface area contributed by atoms with Gasteiger partial charge in [-0.25, -0.2) is 9.59 Å². The summed E-state index contributed by atoms with van der Waals surface area (Å²) < 4.78 is 11.2. The van der Waals surface area contributed by atoms with Crippen LogP contribution in [-0.4, -0.2) is 59.3 Å². The van der Waals surface area contributed by atoms with E-state index in [0.29, 0.717) is 42.6 Å². The summed E-state index contributed by atoms with van der Waals surface area (Å²) in [6, 6.07) is 11.5. The molecule has 0 radical (unpaired) electrons. The molecule has 0 bridgehead atoms. The van der Waals surface area contributed by atoms with Crippen molar-refractivity contribution in [1.82, 2.24) is 4.90 Å². The number of aryl methyl sites for hydroxylation is 1. The summed E-state index contributed by atoms with van der Waals surface area (Å²) in [6.07, 6.45) is 3.37. The van der Waals surface area contributed by atoms with Crippen LogP contribution in [-0.2, 0) is 16.0 Å². The van der Waals surface area contributed by atoms with Gasteiger partial charge in [0.2, 0.25) is 0 Å². The Kier molecular flexibility index (Phi) is 13.2. The molecule has 10 nitrogen and oxygen atoms in total. The van der Waals surface area contributed by atoms with Gasteiger partial charge in [-0.05, 0) is 56.4 Å². The third kappa shape index (κ3) is 10.6. The molecule has 0 aliphatic heterocycles. The lowest BCUT2D eigenvalue weighted by molar-refractivity contribution is -0.385. The molecule has 39 heavy (non-hydrogen) atoms. The second-order valence-electron chi connectivity index (χ2n) is 9.56. The number of urea groups is 1. The quantitative estimate of drug-likeness (QED) is 0.183. The van der Waals surface area contributed by atoms with E-state index in [4.69, 9.17) is 9.47 Å². The van der Waals surface area contributed by atoms with Gasteiger partial charge in [-0.15, -0.1) is 0 Å².